The van der Waals surface area contributed by atoms with Crippen molar-refractivity contribution in [1.29, 1.82) is 0 Å². The van der Waals surface area contributed by atoms with Crippen LogP contribution in [0.5, 0.6) is 0 Å². The zero-order valence-electron chi connectivity index (χ0n) is 15.6. The van der Waals surface area contributed by atoms with Crippen LogP contribution in [0.4, 0.5) is 0 Å². The van der Waals surface area contributed by atoms with Crippen molar-refractivity contribution in [3.63, 3.8) is 0 Å². The number of hydrogen-bond donors (Lipinski definition) is 0. The Morgan fingerprint density at radius 1 is 1.42 bits per heavy atom. The molecule has 0 aromatic carbocycles. The number of amides is 1. The third-order valence-corrected chi connectivity index (χ3v) is 6.01. The molecule has 1 amide bonds. The number of hydrogen-bond acceptors (Lipinski definition) is 5. The Morgan fingerprint density at radius 2 is 2.35 bits per heavy atom. The summed E-state index contributed by atoms with van der Waals surface area (Å²) >= 11 is 0. The van der Waals surface area contributed by atoms with E-state index in [1.165, 1.54) is 0 Å². The quantitative estimate of drug-likeness (QED) is 0.821. The molecule has 3 fully saturated rings. The third-order valence-electron chi connectivity index (χ3n) is 6.01. The van der Waals surface area contributed by atoms with Gasteiger partial charge in [0.25, 0.3) is 5.91 Å². The molecule has 0 saturated carbocycles. The predicted octanol–water partition coefficient (Wildman–Crippen LogP) is 1.84. The number of pyridine rings is 1. The summed E-state index contributed by atoms with van der Waals surface area (Å²) < 4.78 is 11.9. The van der Waals surface area contributed by atoms with E-state index in [1.54, 1.807) is 0 Å². The molecule has 26 heavy (non-hydrogen) atoms. The fourth-order valence-electron chi connectivity index (χ4n) is 4.53. The van der Waals surface area contributed by atoms with Crippen LogP contribution in [0.15, 0.2) is 24.4 Å². The molecule has 4 heterocycles. The lowest BCUT2D eigenvalue weighted by Crippen LogP contribution is -2.52. The first-order valence-corrected chi connectivity index (χ1v) is 9.80. The van der Waals surface area contributed by atoms with E-state index >= 15 is 0 Å². The van der Waals surface area contributed by atoms with E-state index in [4.69, 9.17) is 9.47 Å². The molecule has 3 aliphatic rings. The van der Waals surface area contributed by atoms with Gasteiger partial charge in [-0.05, 0) is 51.3 Å². The molecule has 3 atom stereocenters. The van der Waals surface area contributed by atoms with Crippen LogP contribution in [-0.2, 0) is 20.8 Å². The largest absolute Gasteiger partial charge is 0.371 e. The molecule has 0 unspecified atom stereocenters. The maximum absolute atomic E-state index is 12.7. The molecule has 6 heteroatoms. The number of nitrogens with zero attached hydrogens (tertiary/aromatic N) is 3. The number of carbonyl (C=O) groups excluding carboxylic acids is 1. The summed E-state index contributed by atoms with van der Waals surface area (Å²) in [5.41, 5.74) is 0.894. The van der Waals surface area contributed by atoms with Crippen LogP contribution in [0, 0.1) is 0 Å². The van der Waals surface area contributed by atoms with Gasteiger partial charge in [-0.1, -0.05) is 6.07 Å². The average molecular weight is 359 g/mol. The van der Waals surface area contributed by atoms with Crippen LogP contribution < -0.4 is 0 Å². The number of rotatable bonds is 4. The second-order valence-electron chi connectivity index (χ2n) is 7.95. The van der Waals surface area contributed by atoms with Crippen LogP contribution in [0.25, 0.3) is 0 Å². The van der Waals surface area contributed by atoms with E-state index in [-0.39, 0.29) is 17.6 Å². The molecule has 0 N–H and O–H groups in total. The van der Waals surface area contributed by atoms with Crippen LogP contribution in [-0.4, -0.2) is 71.8 Å². The Labute approximate surface area is 155 Å². The van der Waals surface area contributed by atoms with Gasteiger partial charge in [0.05, 0.1) is 17.9 Å². The Hall–Kier alpha value is -1.50. The average Bonchev–Trinajstić information content (AvgIpc) is 3.33. The lowest BCUT2D eigenvalue weighted by Gasteiger charge is -2.40. The summed E-state index contributed by atoms with van der Waals surface area (Å²) in [6, 6.07) is 6.40. The van der Waals surface area contributed by atoms with Crippen molar-refractivity contribution in [2.75, 3.05) is 33.4 Å². The minimum absolute atomic E-state index is 0.162. The molecule has 6 nitrogen and oxygen atoms in total. The van der Waals surface area contributed by atoms with E-state index in [2.05, 4.69) is 23.0 Å². The van der Waals surface area contributed by atoms with Gasteiger partial charge in [-0.25, -0.2) is 0 Å². The Balaban J connectivity index is 1.36. The highest BCUT2D eigenvalue weighted by atomic mass is 16.5. The monoisotopic (exact) mass is 359 g/mol. The topological polar surface area (TPSA) is 54.9 Å². The standard InChI is InChI=1S/C20H29N3O3/c1-22(13-16-6-2-3-9-21-16)17-12-20(26-14-17)8-5-10-23(15-20)19(24)18-7-4-11-25-18/h2-3,6,9,17-18H,4-5,7-8,10-15H2,1H3/t17-,18+,20-/m0/s1. The number of likely N-dealkylation sites (N-methyl/N-ethyl adjacent to an activating group) is 1. The summed E-state index contributed by atoms with van der Waals surface area (Å²) in [5, 5.41) is 0. The van der Waals surface area contributed by atoms with Crippen LogP contribution in [0.1, 0.15) is 37.8 Å². The molecule has 0 aliphatic carbocycles. The minimum atomic E-state index is -0.228. The highest BCUT2D eigenvalue weighted by Gasteiger charge is 2.46. The van der Waals surface area contributed by atoms with E-state index in [0.717, 1.165) is 57.5 Å². The first kappa shape index (κ1) is 17.9. The fraction of sp³-hybridized carbons (Fsp3) is 0.700. The number of likely N-dealkylation sites (tertiary alicyclic amines) is 1. The van der Waals surface area contributed by atoms with Gasteiger partial charge in [-0.3, -0.25) is 14.7 Å². The van der Waals surface area contributed by atoms with Crippen molar-refractivity contribution in [2.45, 2.75) is 56.4 Å². The van der Waals surface area contributed by atoms with Crippen molar-refractivity contribution < 1.29 is 14.3 Å². The predicted molar refractivity (Wildman–Crippen MR) is 97.6 cm³/mol. The molecule has 1 spiro atoms. The van der Waals surface area contributed by atoms with Gasteiger partial charge < -0.3 is 14.4 Å². The van der Waals surface area contributed by atoms with Gasteiger partial charge in [0, 0.05) is 38.5 Å². The van der Waals surface area contributed by atoms with Crippen LogP contribution in [0.3, 0.4) is 0 Å². The molecule has 1 aromatic rings. The second-order valence-corrected chi connectivity index (χ2v) is 7.95. The summed E-state index contributed by atoms with van der Waals surface area (Å²) in [6.45, 7) is 3.80. The van der Waals surface area contributed by atoms with Crippen molar-refractivity contribution in [2.24, 2.45) is 0 Å². The first-order chi connectivity index (χ1) is 12.7. The molecule has 1 aromatic heterocycles. The number of piperidine rings is 1. The van der Waals surface area contributed by atoms with Gasteiger partial charge in [-0.2, -0.15) is 0 Å². The molecular weight excluding hydrogens is 330 g/mol. The number of ether oxygens (including phenoxy) is 2. The summed E-state index contributed by atoms with van der Waals surface area (Å²) in [7, 11) is 2.14. The summed E-state index contributed by atoms with van der Waals surface area (Å²) in [4.78, 5) is 21.5. The maximum Gasteiger partial charge on any atom is 0.251 e. The molecule has 0 radical (unpaired) electrons. The van der Waals surface area contributed by atoms with Gasteiger partial charge in [-0.15, -0.1) is 0 Å². The number of carbonyl (C=O) groups is 1. The lowest BCUT2D eigenvalue weighted by atomic mass is 9.88. The third kappa shape index (κ3) is 3.77. The molecule has 0 bridgehead atoms. The van der Waals surface area contributed by atoms with Gasteiger partial charge in [0.15, 0.2) is 0 Å². The Kier molecular flexibility index (Phi) is 5.25. The lowest BCUT2D eigenvalue weighted by molar-refractivity contribution is -0.148. The smallest absolute Gasteiger partial charge is 0.251 e. The van der Waals surface area contributed by atoms with E-state index in [9.17, 15) is 4.79 Å². The second kappa shape index (κ2) is 7.62. The normalized spacial score (nSPS) is 31.8. The highest BCUT2D eigenvalue weighted by molar-refractivity contribution is 5.81. The SMILES string of the molecule is CN(Cc1ccccn1)[C@@H]1CO[C@@]2(CCCN(C(=O)[C@H]3CCCO3)C2)C1. The Morgan fingerprint density at radius 3 is 3.12 bits per heavy atom. The van der Waals surface area contributed by atoms with Crippen molar-refractivity contribution in [3.8, 4) is 0 Å². The van der Waals surface area contributed by atoms with Crippen LogP contribution >= 0.6 is 0 Å². The molecule has 3 saturated heterocycles. The fourth-order valence-corrected chi connectivity index (χ4v) is 4.53. The Bertz CT molecular complexity index is 620. The van der Waals surface area contributed by atoms with Gasteiger partial charge >= 0.3 is 0 Å². The van der Waals surface area contributed by atoms with Crippen molar-refractivity contribution in [1.82, 2.24) is 14.8 Å². The number of aromatic nitrogens is 1. The molecular formula is C20H29N3O3. The molecule has 142 valence electrons. The summed E-state index contributed by atoms with van der Waals surface area (Å²) in [6.07, 6.45) is 6.49. The van der Waals surface area contributed by atoms with Crippen molar-refractivity contribution in [3.05, 3.63) is 30.1 Å². The van der Waals surface area contributed by atoms with Gasteiger partial charge in [0.1, 0.15) is 6.10 Å². The highest BCUT2D eigenvalue weighted by Crippen LogP contribution is 2.37. The minimum Gasteiger partial charge on any atom is -0.371 e. The molecule has 3 aliphatic heterocycles. The van der Waals surface area contributed by atoms with E-state index in [0.29, 0.717) is 19.2 Å². The summed E-state index contributed by atoms with van der Waals surface area (Å²) in [5.74, 6) is 0.162. The maximum atomic E-state index is 12.7. The zero-order valence-corrected chi connectivity index (χ0v) is 15.6. The van der Waals surface area contributed by atoms with Crippen molar-refractivity contribution >= 4 is 5.91 Å². The molecule has 4 rings (SSSR count). The van der Waals surface area contributed by atoms with Crippen LogP contribution in [0.2, 0.25) is 0 Å². The first-order valence-electron chi connectivity index (χ1n) is 9.80. The van der Waals surface area contributed by atoms with Gasteiger partial charge in [0.2, 0.25) is 0 Å². The van der Waals surface area contributed by atoms with E-state index < -0.39 is 0 Å². The van der Waals surface area contributed by atoms with E-state index in [1.807, 2.05) is 23.2 Å². The zero-order chi connectivity index (χ0) is 18.0.